The van der Waals surface area contributed by atoms with Crippen molar-refractivity contribution in [3.8, 4) is 0 Å². The van der Waals surface area contributed by atoms with Gasteiger partial charge in [-0.3, -0.25) is 4.79 Å². The fraction of sp³-hybridized carbons (Fsp3) is 0.538. The molecule has 0 aliphatic heterocycles. The molecule has 0 spiro atoms. The number of fused-ring (bicyclic) bond motifs is 1. The van der Waals surface area contributed by atoms with E-state index in [4.69, 9.17) is 0 Å². The van der Waals surface area contributed by atoms with Gasteiger partial charge in [0.2, 0.25) is 5.91 Å². The average molecular weight is 276 g/mol. The van der Waals surface area contributed by atoms with Crippen LogP contribution in [-0.4, -0.2) is 38.1 Å². The van der Waals surface area contributed by atoms with Gasteiger partial charge < -0.3 is 10.6 Å². The van der Waals surface area contributed by atoms with Gasteiger partial charge in [0.25, 0.3) is 5.78 Å². The summed E-state index contributed by atoms with van der Waals surface area (Å²) in [6.07, 6.45) is 2.81. The molecule has 108 valence electrons. The van der Waals surface area contributed by atoms with E-state index in [-0.39, 0.29) is 11.9 Å². The van der Waals surface area contributed by atoms with Crippen LogP contribution in [0, 0.1) is 6.92 Å². The fourth-order valence-corrected chi connectivity index (χ4v) is 1.81. The summed E-state index contributed by atoms with van der Waals surface area (Å²) in [6.45, 7) is 6.48. The molecule has 1 atom stereocenters. The first-order valence-electron chi connectivity index (χ1n) is 6.80. The second-order valence-electron chi connectivity index (χ2n) is 4.81. The number of hydrogen-bond acceptors (Lipinski definition) is 5. The summed E-state index contributed by atoms with van der Waals surface area (Å²) < 4.78 is 1.62. The minimum absolute atomic E-state index is 0.0486. The summed E-state index contributed by atoms with van der Waals surface area (Å²) >= 11 is 0. The maximum Gasteiger partial charge on any atom is 0.254 e. The molecule has 0 bridgehead atoms. The monoisotopic (exact) mass is 276 g/mol. The van der Waals surface area contributed by atoms with Crippen molar-refractivity contribution < 1.29 is 4.79 Å². The Balaban J connectivity index is 1.93. The predicted molar refractivity (Wildman–Crippen MR) is 76.5 cm³/mol. The molecule has 0 fully saturated rings. The molecule has 1 unspecified atom stereocenters. The zero-order valence-electron chi connectivity index (χ0n) is 12.1. The Kier molecular flexibility index (Phi) is 4.49. The number of nitrogens with one attached hydrogen (secondary N) is 2. The lowest BCUT2D eigenvalue weighted by molar-refractivity contribution is -0.121. The molecule has 2 rings (SSSR count). The highest BCUT2D eigenvalue weighted by Gasteiger charge is 2.07. The summed E-state index contributed by atoms with van der Waals surface area (Å²) in [5.41, 5.74) is 0.858. The van der Waals surface area contributed by atoms with Crippen molar-refractivity contribution in [3.63, 3.8) is 0 Å². The minimum atomic E-state index is 0.0486. The number of rotatable bonds is 6. The van der Waals surface area contributed by atoms with Crippen LogP contribution in [0.25, 0.3) is 5.78 Å². The molecule has 2 heterocycles. The van der Waals surface area contributed by atoms with Gasteiger partial charge in [0, 0.05) is 30.8 Å². The summed E-state index contributed by atoms with van der Waals surface area (Å²) in [5, 5.41) is 10.2. The van der Waals surface area contributed by atoms with Gasteiger partial charge in [0.1, 0.15) is 12.1 Å². The Labute approximate surface area is 117 Å². The average Bonchev–Trinajstić information content (AvgIpc) is 2.86. The first-order valence-corrected chi connectivity index (χ1v) is 6.80. The molecular formula is C13H20N6O. The zero-order chi connectivity index (χ0) is 14.5. The van der Waals surface area contributed by atoms with E-state index in [0.717, 1.165) is 17.9 Å². The van der Waals surface area contributed by atoms with E-state index in [9.17, 15) is 4.79 Å². The maximum absolute atomic E-state index is 11.7. The first-order chi connectivity index (χ1) is 9.60. The molecule has 7 heteroatoms. The van der Waals surface area contributed by atoms with Crippen molar-refractivity contribution in [2.45, 2.75) is 39.7 Å². The molecule has 20 heavy (non-hydrogen) atoms. The van der Waals surface area contributed by atoms with Crippen LogP contribution in [0.2, 0.25) is 0 Å². The number of anilines is 1. The molecular weight excluding hydrogens is 256 g/mol. The molecule has 0 saturated carbocycles. The van der Waals surface area contributed by atoms with Gasteiger partial charge in [-0.2, -0.15) is 14.6 Å². The Morgan fingerprint density at radius 3 is 3.05 bits per heavy atom. The van der Waals surface area contributed by atoms with E-state index >= 15 is 0 Å². The van der Waals surface area contributed by atoms with Gasteiger partial charge in [-0.05, 0) is 20.3 Å². The zero-order valence-corrected chi connectivity index (χ0v) is 12.1. The first kappa shape index (κ1) is 14.2. The molecule has 0 aliphatic carbocycles. The van der Waals surface area contributed by atoms with E-state index in [1.807, 2.05) is 26.8 Å². The maximum atomic E-state index is 11.7. The van der Waals surface area contributed by atoms with Crippen LogP contribution in [0.5, 0.6) is 0 Å². The normalized spacial score (nSPS) is 12.3. The highest BCUT2D eigenvalue weighted by atomic mass is 16.1. The standard InChI is InChI=1S/C13H20N6O/c1-4-9(2)17-12(20)5-6-14-11-7-10(3)18-13-15-8-16-19(11)13/h7-9,14H,4-6H2,1-3H3,(H,17,20). The van der Waals surface area contributed by atoms with Gasteiger partial charge in [-0.25, -0.2) is 4.98 Å². The predicted octanol–water partition coefficient (Wildman–Crippen LogP) is 1.15. The lowest BCUT2D eigenvalue weighted by Gasteiger charge is -2.12. The van der Waals surface area contributed by atoms with Crippen LogP contribution < -0.4 is 10.6 Å². The molecule has 0 saturated heterocycles. The Bertz CT molecular complexity index is 594. The molecule has 0 radical (unpaired) electrons. The highest BCUT2D eigenvalue weighted by molar-refractivity contribution is 5.76. The molecule has 1 amide bonds. The third kappa shape index (κ3) is 3.43. The second kappa shape index (κ2) is 6.31. The van der Waals surface area contributed by atoms with Gasteiger partial charge >= 0.3 is 0 Å². The van der Waals surface area contributed by atoms with Crippen molar-refractivity contribution >= 4 is 17.5 Å². The number of aryl methyl sites for hydroxylation is 1. The Morgan fingerprint density at radius 1 is 1.50 bits per heavy atom. The minimum Gasteiger partial charge on any atom is -0.369 e. The molecule has 2 aromatic rings. The summed E-state index contributed by atoms with van der Waals surface area (Å²) in [4.78, 5) is 20.0. The van der Waals surface area contributed by atoms with Crippen molar-refractivity contribution in [2.75, 3.05) is 11.9 Å². The summed E-state index contributed by atoms with van der Waals surface area (Å²) in [5.74, 6) is 1.39. The van der Waals surface area contributed by atoms with Gasteiger partial charge in [0.05, 0.1) is 0 Å². The van der Waals surface area contributed by atoms with Gasteiger partial charge in [-0.15, -0.1) is 0 Å². The lowest BCUT2D eigenvalue weighted by atomic mass is 10.2. The van der Waals surface area contributed by atoms with Crippen LogP contribution in [0.1, 0.15) is 32.4 Å². The van der Waals surface area contributed by atoms with Gasteiger partial charge in [0.15, 0.2) is 0 Å². The number of nitrogens with zero attached hydrogens (tertiary/aromatic N) is 4. The topological polar surface area (TPSA) is 84.2 Å². The van der Waals surface area contributed by atoms with Crippen molar-refractivity contribution in [2.24, 2.45) is 0 Å². The Hall–Kier alpha value is -2.18. The van der Waals surface area contributed by atoms with Crippen LogP contribution in [0.4, 0.5) is 5.82 Å². The van der Waals surface area contributed by atoms with Crippen LogP contribution in [0.15, 0.2) is 12.4 Å². The number of carbonyl (C=O) groups is 1. The number of hydrogen-bond donors (Lipinski definition) is 2. The third-order valence-electron chi connectivity index (χ3n) is 3.06. The van der Waals surface area contributed by atoms with Crippen molar-refractivity contribution in [1.29, 1.82) is 0 Å². The van der Waals surface area contributed by atoms with Gasteiger partial charge in [-0.1, -0.05) is 6.92 Å². The summed E-state index contributed by atoms with van der Waals surface area (Å²) in [7, 11) is 0. The number of aromatic nitrogens is 4. The van der Waals surface area contributed by atoms with Crippen LogP contribution in [0.3, 0.4) is 0 Å². The van der Waals surface area contributed by atoms with Crippen LogP contribution >= 0.6 is 0 Å². The summed E-state index contributed by atoms with van der Waals surface area (Å²) in [6, 6.07) is 2.10. The van der Waals surface area contributed by atoms with Crippen LogP contribution in [-0.2, 0) is 4.79 Å². The third-order valence-corrected chi connectivity index (χ3v) is 3.06. The lowest BCUT2D eigenvalue weighted by Crippen LogP contribution is -2.33. The molecule has 7 nitrogen and oxygen atoms in total. The van der Waals surface area contributed by atoms with E-state index in [0.29, 0.717) is 18.7 Å². The molecule has 2 N–H and O–H groups in total. The fourth-order valence-electron chi connectivity index (χ4n) is 1.81. The van der Waals surface area contributed by atoms with Crippen molar-refractivity contribution in [3.05, 3.63) is 18.1 Å². The number of amides is 1. The number of carbonyl (C=O) groups excluding carboxylic acids is 1. The molecule has 0 aromatic carbocycles. The smallest absolute Gasteiger partial charge is 0.254 e. The second-order valence-corrected chi connectivity index (χ2v) is 4.81. The Morgan fingerprint density at radius 2 is 2.30 bits per heavy atom. The van der Waals surface area contributed by atoms with Crippen molar-refractivity contribution in [1.82, 2.24) is 24.9 Å². The quantitative estimate of drug-likeness (QED) is 0.826. The molecule has 0 aliphatic rings. The molecule has 2 aromatic heterocycles. The van der Waals surface area contributed by atoms with E-state index in [1.54, 1.807) is 4.52 Å². The van der Waals surface area contributed by atoms with E-state index in [2.05, 4.69) is 25.7 Å². The largest absolute Gasteiger partial charge is 0.369 e. The van der Waals surface area contributed by atoms with E-state index in [1.165, 1.54) is 6.33 Å². The SMILES string of the molecule is CCC(C)NC(=O)CCNc1cc(C)nc2ncnn12. The highest BCUT2D eigenvalue weighted by Crippen LogP contribution is 2.09. The van der Waals surface area contributed by atoms with E-state index < -0.39 is 0 Å².